The minimum Gasteiger partial charge on any atom is -0.289 e. The van der Waals surface area contributed by atoms with Crippen molar-refractivity contribution in [3.8, 4) is 0 Å². The van der Waals surface area contributed by atoms with Crippen molar-refractivity contribution in [2.45, 2.75) is 31.5 Å². The van der Waals surface area contributed by atoms with Crippen molar-refractivity contribution in [1.82, 2.24) is 15.3 Å². The predicted molar refractivity (Wildman–Crippen MR) is 77.7 cm³/mol. The van der Waals surface area contributed by atoms with Gasteiger partial charge in [0.15, 0.2) is 0 Å². The first-order valence-corrected chi connectivity index (χ1v) is 6.88. The largest absolute Gasteiger partial charge is 0.408 e. The molecule has 0 radical (unpaired) electrons. The Morgan fingerprint density at radius 3 is 2.04 bits per heavy atom. The standard InChI is InChI=1S/C8H9F3N2.C6H6.CH3NO2/c9-8(10,11)5-13-4-7(3-12-13)6-1-2-6;1-2-4-6-5-3-1;3-1-2-4/h3-4,6H,1-2,5H2;1-6H;1,4H,(H,2,3). The van der Waals surface area contributed by atoms with E-state index in [0.717, 1.165) is 23.1 Å². The van der Waals surface area contributed by atoms with Gasteiger partial charge in [-0.25, -0.2) is 5.48 Å². The molecule has 1 saturated carbocycles. The molecule has 0 atom stereocenters. The van der Waals surface area contributed by atoms with E-state index in [0.29, 0.717) is 5.92 Å². The maximum absolute atomic E-state index is 11.9. The van der Waals surface area contributed by atoms with E-state index in [-0.39, 0.29) is 6.41 Å². The number of amides is 1. The average molecular weight is 329 g/mol. The van der Waals surface area contributed by atoms with Gasteiger partial charge in [-0.3, -0.25) is 14.7 Å². The van der Waals surface area contributed by atoms with Gasteiger partial charge in [0, 0.05) is 6.20 Å². The Balaban J connectivity index is 0.000000220. The minimum absolute atomic E-state index is 0.181. The van der Waals surface area contributed by atoms with Crippen LogP contribution in [-0.4, -0.2) is 27.6 Å². The lowest BCUT2D eigenvalue weighted by atomic mass is 10.2. The second-order valence-electron chi connectivity index (χ2n) is 4.76. The Hall–Kier alpha value is -2.35. The van der Waals surface area contributed by atoms with Gasteiger partial charge in [0.2, 0.25) is 6.41 Å². The van der Waals surface area contributed by atoms with Crippen LogP contribution in [0, 0.1) is 0 Å². The van der Waals surface area contributed by atoms with Crippen LogP contribution in [0.25, 0.3) is 0 Å². The summed E-state index contributed by atoms with van der Waals surface area (Å²) in [6, 6.07) is 12.0. The molecule has 3 rings (SSSR count). The number of carbonyl (C=O) groups excluding carboxylic acids is 1. The van der Waals surface area contributed by atoms with E-state index in [1.807, 2.05) is 36.4 Å². The van der Waals surface area contributed by atoms with Crippen LogP contribution in [0.3, 0.4) is 0 Å². The van der Waals surface area contributed by atoms with Crippen LogP contribution < -0.4 is 5.48 Å². The SMILES string of the molecule is FC(F)(F)Cn1cc(C2CC2)cn1.O=CNO.c1ccccc1. The Labute approximate surface area is 131 Å². The molecule has 1 aliphatic carbocycles. The average Bonchev–Trinajstić information content (AvgIpc) is 3.29. The van der Waals surface area contributed by atoms with Crippen molar-refractivity contribution < 1.29 is 23.2 Å². The van der Waals surface area contributed by atoms with Gasteiger partial charge in [0.1, 0.15) is 6.54 Å². The summed E-state index contributed by atoms with van der Waals surface area (Å²) in [7, 11) is 0. The fourth-order valence-corrected chi connectivity index (χ4v) is 1.66. The maximum atomic E-state index is 11.9. The van der Waals surface area contributed by atoms with E-state index in [2.05, 4.69) is 5.10 Å². The number of hydrogen-bond acceptors (Lipinski definition) is 3. The highest BCUT2D eigenvalue weighted by Gasteiger charge is 2.30. The van der Waals surface area contributed by atoms with Crippen LogP contribution in [0.15, 0.2) is 48.8 Å². The minimum atomic E-state index is -4.17. The molecule has 1 aromatic heterocycles. The molecule has 2 aromatic rings. The molecule has 1 heterocycles. The summed E-state index contributed by atoms with van der Waals surface area (Å²) >= 11 is 0. The molecule has 1 fully saturated rings. The van der Waals surface area contributed by atoms with E-state index >= 15 is 0 Å². The number of alkyl halides is 3. The summed E-state index contributed by atoms with van der Waals surface area (Å²) in [4.78, 5) is 8.81. The zero-order valence-electron chi connectivity index (χ0n) is 12.3. The van der Waals surface area contributed by atoms with Gasteiger partial charge in [-0.05, 0) is 24.3 Å². The van der Waals surface area contributed by atoms with Crippen molar-refractivity contribution in [2.24, 2.45) is 0 Å². The number of aromatic nitrogens is 2. The molecule has 0 unspecified atom stereocenters. The van der Waals surface area contributed by atoms with Crippen LogP contribution >= 0.6 is 0 Å². The molecule has 1 aromatic carbocycles. The lowest BCUT2D eigenvalue weighted by molar-refractivity contribution is -0.142. The number of carbonyl (C=O) groups is 1. The molecule has 1 aliphatic rings. The van der Waals surface area contributed by atoms with Gasteiger partial charge >= 0.3 is 6.18 Å². The van der Waals surface area contributed by atoms with E-state index in [1.165, 1.54) is 17.9 Å². The monoisotopic (exact) mass is 329 g/mol. The van der Waals surface area contributed by atoms with Crippen LogP contribution in [0.4, 0.5) is 13.2 Å². The smallest absolute Gasteiger partial charge is 0.289 e. The van der Waals surface area contributed by atoms with E-state index < -0.39 is 12.7 Å². The third kappa shape index (κ3) is 9.30. The van der Waals surface area contributed by atoms with Gasteiger partial charge in [-0.15, -0.1) is 0 Å². The molecular weight excluding hydrogens is 311 g/mol. The molecule has 2 N–H and O–H groups in total. The third-order valence-electron chi connectivity index (χ3n) is 2.76. The van der Waals surface area contributed by atoms with Crippen LogP contribution in [0.2, 0.25) is 0 Å². The quantitative estimate of drug-likeness (QED) is 0.516. The van der Waals surface area contributed by atoms with Crippen molar-refractivity contribution in [3.63, 3.8) is 0 Å². The zero-order chi connectivity index (χ0) is 17.1. The molecule has 0 spiro atoms. The molecule has 0 aliphatic heterocycles. The Morgan fingerprint density at radius 1 is 1.22 bits per heavy atom. The summed E-state index contributed by atoms with van der Waals surface area (Å²) in [5.41, 5.74) is 2.18. The van der Waals surface area contributed by atoms with Crippen molar-refractivity contribution in [2.75, 3.05) is 0 Å². The Kier molecular flexibility index (Phi) is 7.82. The predicted octanol–water partition coefficient (Wildman–Crippen LogP) is 3.13. The number of nitrogens with zero attached hydrogens (tertiary/aromatic N) is 2. The summed E-state index contributed by atoms with van der Waals surface area (Å²) in [6.45, 7) is -0.986. The second-order valence-corrected chi connectivity index (χ2v) is 4.76. The highest BCUT2D eigenvalue weighted by molar-refractivity contribution is 5.43. The third-order valence-corrected chi connectivity index (χ3v) is 2.76. The van der Waals surface area contributed by atoms with Gasteiger partial charge in [-0.2, -0.15) is 18.3 Å². The molecule has 5 nitrogen and oxygen atoms in total. The number of halogens is 3. The first kappa shape index (κ1) is 18.7. The second kappa shape index (κ2) is 9.62. The molecule has 0 bridgehead atoms. The number of benzene rings is 1. The summed E-state index contributed by atoms with van der Waals surface area (Å²) < 4.78 is 36.7. The highest BCUT2D eigenvalue weighted by atomic mass is 19.4. The summed E-state index contributed by atoms with van der Waals surface area (Å²) in [5.74, 6) is 0.460. The molecule has 0 saturated heterocycles. The summed E-state index contributed by atoms with van der Waals surface area (Å²) in [6.07, 6.45) is 1.19. The van der Waals surface area contributed by atoms with Gasteiger partial charge in [-0.1, -0.05) is 36.4 Å². The van der Waals surface area contributed by atoms with Crippen LogP contribution in [0.1, 0.15) is 24.3 Å². The summed E-state index contributed by atoms with van der Waals surface area (Å²) in [5, 5.41) is 10.9. The lowest BCUT2D eigenvalue weighted by Crippen LogP contribution is -2.17. The zero-order valence-corrected chi connectivity index (χ0v) is 12.3. The van der Waals surface area contributed by atoms with E-state index in [4.69, 9.17) is 10.0 Å². The normalized spacial score (nSPS) is 13.0. The van der Waals surface area contributed by atoms with E-state index in [9.17, 15) is 13.2 Å². The number of hydrogen-bond donors (Lipinski definition) is 2. The Morgan fingerprint density at radius 2 is 1.70 bits per heavy atom. The Bertz CT molecular complexity index is 528. The first-order valence-electron chi connectivity index (χ1n) is 6.88. The van der Waals surface area contributed by atoms with E-state index in [1.54, 1.807) is 0 Å². The maximum Gasteiger partial charge on any atom is 0.408 e. The molecule has 23 heavy (non-hydrogen) atoms. The number of rotatable bonds is 3. The topological polar surface area (TPSA) is 67.2 Å². The number of hydroxylamine groups is 1. The van der Waals surface area contributed by atoms with Crippen molar-refractivity contribution >= 4 is 6.41 Å². The van der Waals surface area contributed by atoms with Gasteiger partial charge in [0.25, 0.3) is 0 Å². The van der Waals surface area contributed by atoms with Crippen molar-refractivity contribution in [3.05, 3.63) is 54.4 Å². The van der Waals surface area contributed by atoms with Crippen LogP contribution in [0.5, 0.6) is 0 Å². The molecular formula is C15H18F3N3O2. The fourth-order valence-electron chi connectivity index (χ4n) is 1.66. The number of nitrogens with one attached hydrogen (secondary N) is 1. The fraction of sp³-hybridized carbons (Fsp3) is 0.333. The molecule has 8 heteroatoms. The van der Waals surface area contributed by atoms with Crippen molar-refractivity contribution in [1.29, 1.82) is 0 Å². The molecule has 1 amide bonds. The van der Waals surface area contributed by atoms with Crippen LogP contribution in [-0.2, 0) is 11.3 Å². The highest BCUT2D eigenvalue weighted by Crippen LogP contribution is 2.39. The lowest BCUT2D eigenvalue weighted by Gasteiger charge is -2.04. The van der Waals surface area contributed by atoms with Gasteiger partial charge < -0.3 is 0 Å². The molecule has 126 valence electrons. The first-order chi connectivity index (χ1) is 11.0. The van der Waals surface area contributed by atoms with Gasteiger partial charge in [0.05, 0.1) is 6.20 Å².